The number of carbonyl (C=O) groups excluding carboxylic acids is 1. The number of rotatable bonds is 5. The van der Waals surface area contributed by atoms with Gasteiger partial charge in [-0.1, -0.05) is 43.3 Å². The Bertz CT molecular complexity index is 851. The van der Waals surface area contributed by atoms with Crippen LogP contribution in [0.3, 0.4) is 0 Å². The molecule has 28 heavy (non-hydrogen) atoms. The summed E-state index contributed by atoms with van der Waals surface area (Å²) >= 11 is 0. The molecule has 0 spiro atoms. The first-order valence-corrected chi connectivity index (χ1v) is 10.3. The van der Waals surface area contributed by atoms with Gasteiger partial charge >= 0.3 is 0 Å². The number of likely N-dealkylation sites (tertiary alicyclic amines) is 1. The molecular weight excluding hydrogens is 348 g/mol. The van der Waals surface area contributed by atoms with Crippen LogP contribution in [0.15, 0.2) is 48.5 Å². The third-order valence-electron chi connectivity index (χ3n) is 7.09. The number of likely N-dealkylation sites (N-methyl/N-ethyl adjacent to an activating group) is 1. The molecule has 3 atom stereocenters. The van der Waals surface area contributed by atoms with Crippen molar-refractivity contribution in [2.24, 2.45) is 5.92 Å². The van der Waals surface area contributed by atoms with Crippen molar-refractivity contribution in [1.29, 1.82) is 0 Å². The van der Waals surface area contributed by atoms with Gasteiger partial charge in [-0.15, -0.1) is 0 Å². The number of phenolic OH excluding ortho intramolecular Hbond substituents is 1. The number of fused-ring (bicyclic) bond motifs is 4. The van der Waals surface area contributed by atoms with E-state index in [9.17, 15) is 9.90 Å². The van der Waals surface area contributed by atoms with Crippen LogP contribution in [-0.4, -0.2) is 42.1 Å². The van der Waals surface area contributed by atoms with Gasteiger partial charge in [0.25, 0.3) is 0 Å². The third-order valence-corrected chi connectivity index (χ3v) is 7.09. The first kappa shape index (κ1) is 19.0. The largest absolute Gasteiger partial charge is 0.508 e. The van der Waals surface area contributed by atoms with Gasteiger partial charge in [-0.25, -0.2) is 0 Å². The van der Waals surface area contributed by atoms with Gasteiger partial charge in [0.2, 0.25) is 5.91 Å². The van der Waals surface area contributed by atoms with E-state index in [1.165, 1.54) is 11.1 Å². The fourth-order valence-corrected chi connectivity index (χ4v) is 5.42. The Morgan fingerprint density at radius 2 is 2.04 bits per heavy atom. The summed E-state index contributed by atoms with van der Waals surface area (Å²) in [7, 11) is 2.22. The summed E-state index contributed by atoms with van der Waals surface area (Å²) < 4.78 is 0. The minimum absolute atomic E-state index is 0.0174. The summed E-state index contributed by atoms with van der Waals surface area (Å²) in [6.45, 7) is 4.07. The zero-order valence-electron chi connectivity index (χ0n) is 16.8. The third kappa shape index (κ3) is 3.42. The highest BCUT2D eigenvalue weighted by molar-refractivity contribution is 5.78. The lowest BCUT2D eigenvalue weighted by Gasteiger charge is -2.55. The number of nitrogens with one attached hydrogen (secondary N) is 1. The number of aromatic hydroxyl groups is 1. The van der Waals surface area contributed by atoms with Gasteiger partial charge in [-0.2, -0.15) is 0 Å². The Hall–Kier alpha value is -2.33. The number of amides is 1. The molecule has 1 aliphatic carbocycles. The van der Waals surface area contributed by atoms with E-state index >= 15 is 0 Å². The summed E-state index contributed by atoms with van der Waals surface area (Å²) in [6, 6.07) is 16.3. The molecule has 0 radical (unpaired) electrons. The fourth-order valence-electron chi connectivity index (χ4n) is 5.42. The summed E-state index contributed by atoms with van der Waals surface area (Å²) in [4.78, 5) is 14.9. The van der Waals surface area contributed by atoms with Crippen molar-refractivity contribution in [3.05, 3.63) is 65.2 Å². The highest BCUT2D eigenvalue weighted by Gasteiger charge is 2.50. The smallest absolute Gasteiger partial charge is 0.224 e. The molecule has 1 heterocycles. The van der Waals surface area contributed by atoms with Crippen molar-refractivity contribution in [2.75, 3.05) is 20.1 Å². The van der Waals surface area contributed by atoms with Crippen molar-refractivity contribution in [2.45, 2.75) is 44.1 Å². The highest BCUT2D eigenvalue weighted by atomic mass is 16.3. The molecule has 2 aromatic rings. The molecule has 2 N–H and O–H groups in total. The average molecular weight is 379 g/mol. The van der Waals surface area contributed by atoms with Crippen LogP contribution in [0.2, 0.25) is 0 Å². The van der Waals surface area contributed by atoms with Gasteiger partial charge in [0, 0.05) is 18.0 Å². The van der Waals surface area contributed by atoms with Crippen LogP contribution in [-0.2, 0) is 23.1 Å². The number of nitrogens with zero attached hydrogens (tertiary/aromatic N) is 1. The number of phenols is 1. The Labute approximate surface area is 167 Å². The molecule has 148 valence electrons. The summed E-state index contributed by atoms with van der Waals surface area (Å²) in [5.74, 6) is 0.911. The molecule has 4 heteroatoms. The van der Waals surface area contributed by atoms with Gasteiger partial charge < -0.3 is 15.3 Å². The van der Waals surface area contributed by atoms with E-state index in [4.69, 9.17) is 0 Å². The molecule has 1 fully saturated rings. The zero-order chi connectivity index (χ0) is 19.7. The molecule has 4 rings (SSSR count). The topological polar surface area (TPSA) is 52.6 Å². The van der Waals surface area contributed by atoms with Crippen molar-refractivity contribution >= 4 is 5.91 Å². The van der Waals surface area contributed by atoms with Crippen molar-refractivity contribution < 1.29 is 9.90 Å². The lowest BCUT2D eigenvalue weighted by atomic mass is 9.56. The number of carbonyl (C=O) groups is 1. The molecular formula is C24H30N2O2. The minimum Gasteiger partial charge on any atom is -0.508 e. The second-order valence-electron chi connectivity index (χ2n) is 8.55. The molecule has 0 saturated carbocycles. The monoisotopic (exact) mass is 378 g/mol. The number of benzene rings is 2. The Kier molecular flexibility index (Phi) is 5.15. The molecule has 1 saturated heterocycles. The van der Waals surface area contributed by atoms with E-state index < -0.39 is 0 Å². The maximum absolute atomic E-state index is 12.4. The van der Waals surface area contributed by atoms with Crippen LogP contribution in [0.5, 0.6) is 5.75 Å². The Morgan fingerprint density at radius 3 is 2.82 bits per heavy atom. The minimum atomic E-state index is 0.0174. The van der Waals surface area contributed by atoms with Crippen LogP contribution in [0.4, 0.5) is 0 Å². The van der Waals surface area contributed by atoms with Crippen LogP contribution < -0.4 is 5.32 Å². The summed E-state index contributed by atoms with van der Waals surface area (Å²) in [5, 5.41) is 13.3. The van der Waals surface area contributed by atoms with Crippen LogP contribution >= 0.6 is 0 Å². The second kappa shape index (κ2) is 7.59. The maximum Gasteiger partial charge on any atom is 0.224 e. The average Bonchev–Trinajstić information content (AvgIpc) is 2.68. The molecule has 2 aromatic carbocycles. The van der Waals surface area contributed by atoms with Crippen LogP contribution in [0, 0.1) is 5.92 Å². The SMILES string of the molecule is C[C@H]1[C@H]2Cc3ccc(O)cc3[C@@]1(CCNC(=O)Cc1ccccc1)CCN2C. The molecule has 0 unspecified atom stereocenters. The zero-order valence-corrected chi connectivity index (χ0v) is 16.8. The van der Waals surface area contributed by atoms with Crippen molar-refractivity contribution in [3.63, 3.8) is 0 Å². The van der Waals surface area contributed by atoms with E-state index in [0.717, 1.165) is 31.4 Å². The normalized spacial score (nSPS) is 26.5. The van der Waals surface area contributed by atoms with Gasteiger partial charge in [0.1, 0.15) is 5.75 Å². The maximum atomic E-state index is 12.4. The molecule has 4 nitrogen and oxygen atoms in total. The Balaban J connectivity index is 1.50. The van der Waals surface area contributed by atoms with Gasteiger partial charge in [0.05, 0.1) is 6.42 Å². The summed E-state index contributed by atoms with van der Waals surface area (Å²) in [6.07, 6.45) is 3.43. The Morgan fingerprint density at radius 1 is 1.25 bits per heavy atom. The number of hydrogen-bond donors (Lipinski definition) is 2. The van der Waals surface area contributed by atoms with E-state index in [-0.39, 0.29) is 11.3 Å². The standard InChI is InChI=1S/C24H30N2O2/c1-17-22-15-19-8-9-20(27)16-21(19)24(17,11-13-26(22)2)10-12-25-23(28)14-18-6-4-3-5-7-18/h3-9,16-17,22,27H,10-15H2,1-2H3,(H,25,28)/t17-,22+,24-/m0/s1. The lowest BCUT2D eigenvalue weighted by molar-refractivity contribution is -0.120. The van der Waals surface area contributed by atoms with E-state index in [0.29, 0.717) is 30.7 Å². The van der Waals surface area contributed by atoms with Crippen LogP contribution in [0.1, 0.15) is 36.5 Å². The van der Waals surface area contributed by atoms with Gasteiger partial charge in [0.15, 0.2) is 0 Å². The highest BCUT2D eigenvalue weighted by Crippen LogP contribution is 2.51. The number of piperidine rings is 1. The lowest BCUT2D eigenvalue weighted by Crippen LogP contribution is -2.58. The van der Waals surface area contributed by atoms with E-state index in [1.54, 1.807) is 6.07 Å². The molecule has 1 aliphatic heterocycles. The molecule has 2 bridgehead atoms. The van der Waals surface area contributed by atoms with Crippen LogP contribution in [0.25, 0.3) is 0 Å². The first-order valence-electron chi connectivity index (χ1n) is 10.3. The van der Waals surface area contributed by atoms with Gasteiger partial charge in [-0.05, 0) is 67.6 Å². The first-order chi connectivity index (χ1) is 13.5. The number of hydrogen-bond acceptors (Lipinski definition) is 3. The summed E-state index contributed by atoms with van der Waals surface area (Å²) in [5.41, 5.74) is 3.70. The van der Waals surface area contributed by atoms with Gasteiger partial charge in [-0.3, -0.25) is 4.79 Å². The van der Waals surface area contributed by atoms with Crippen molar-refractivity contribution in [3.8, 4) is 5.75 Å². The second-order valence-corrected chi connectivity index (χ2v) is 8.55. The predicted molar refractivity (Wildman–Crippen MR) is 111 cm³/mol. The quantitative estimate of drug-likeness (QED) is 0.840. The van der Waals surface area contributed by atoms with E-state index in [2.05, 4.69) is 30.3 Å². The predicted octanol–water partition coefficient (Wildman–Crippen LogP) is 3.28. The van der Waals surface area contributed by atoms with E-state index in [1.807, 2.05) is 36.4 Å². The van der Waals surface area contributed by atoms with Crippen molar-refractivity contribution in [1.82, 2.24) is 10.2 Å². The molecule has 0 aromatic heterocycles. The molecule has 2 aliphatic rings. The molecule has 1 amide bonds. The fraction of sp³-hybridized carbons (Fsp3) is 0.458.